The molecule has 5 heteroatoms. The first-order valence-electron chi connectivity index (χ1n) is 7.01. The van der Waals surface area contributed by atoms with Crippen LogP contribution in [0.2, 0.25) is 0 Å². The quantitative estimate of drug-likeness (QED) is 0.668. The number of benzene rings is 1. The van der Waals surface area contributed by atoms with Gasteiger partial charge in [0, 0.05) is 17.1 Å². The zero-order chi connectivity index (χ0) is 15.7. The molecule has 116 valence electrons. The van der Waals surface area contributed by atoms with Crippen LogP contribution < -0.4 is 14.8 Å². The summed E-state index contributed by atoms with van der Waals surface area (Å²) in [5.74, 6) is 3.74. The Morgan fingerprint density at radius 1 is 1.33 bits per heavy atom. The number of rotatable bonds is 9. The van der Waals surface area contributed by atoms with Crippen LogP contribution in [0.15, 0.2) is 16.6 Å². The first kappa shape index (κ1) is 17.8. The summed E-state index contributed by atoms with van der Waals surface area (Å²) in [7, 11) is 0. The van der Waals surface area contributed by atoms with E-state index >= 15 is 0 Å². The van der Waals surface area contributed by atoms with Crippen LogP contribution in [0.4, 0.5) is 0 Å². The fourth-order valence-electron chi connectivity index (χ4n) is 1.81. The van der Waals surface area contributed by atoms with E-state index in [1.165, 1.54) is 0 Å². The largest absolute Gasteiger partial charge is 0.490 e. The summed E-state index contributed by atoms with van der Waals surface area (Å²) >= 11 is 3.53. The van der Waals surface area contributed by atoms with E-state index < -0.39 is 0 Å². The van der Waals surface area contributed by atoms with Crippen molar-refractivity contribution in [2.75, 3.05) is 19.8 Å². The molecule has 0 unspecified atom stereocenters. The lowest BCUT2D eigenvalue weighted by Gasteiger charge is -2.17. The Balaban J connectivity index is 2.89. The van der Waals surface area contributed by atoms with E-state index in [1.54, 1.807) is 0 Å². The summed E-state index contributed by atoms with van der Waals surface area (Å²) in [5, 5.41) is 12.5. The number of terminal acetylenes is 1. The lowest BCUT2D eigenvalue weighted by molar-refractivity contribution is 0.238. The first-order valence-corrected chi connectivity index (χ1v) is 7.81. The molecule has 1 aromatic carbocycles. The number of aliphatic hydroxyl groups is 1. The zero-order valence-electron chi connectivity index (χ0n) is 12.5. The van der Waals surface area contributed by atoms with Crippen LogP contribution in [0.1, 0.15) is 25.8 Å². The third-order valence-electron chi connectivity index (χ3n) is 3.02. The molecule has 0 aliphatic heterocycles. The summed E-state index contributed by atoms with van der Waals surface area (Å²) in [6.45, 7) is 5.46. The molecular formula is C16H22BrNO3. The van der Waals surface area contributed by atoms with Gasteiger partial charge in [0.2, 0.25) is 0 Å². The van der Waals surface area contributed by atoms with Crippen LogP contribution in [0.3, 0.4) is 0 Å². The second kappa shape index (κ2) is 9.67. The first-order chi connectivity index (χ1) is 10.2. The van der Waals surface area contributed by atoms with E-state index in [2.05, 4.69) is 27.2 Å². The molecule has 1 aromatic rings. The van der Waals surface area contributed by atoms with Crippen molar-refractivity contribution in [3.8, 4) is 23.8 Å². The topological polar surface area (TPSA) is 50.7 Å². The molecule has 0 aliphatic carbocycles. The van der Waals surface area contributed by atoms with Crippen molar-refractivity contribution >= 4 is 15.9 Å². The molecule has 1 atom stereocenters. The molecule has 1 rings (SSSR count). The van der Waals surface area contributed by atoms with Crippen LogP contribution >= 0.6 is 15.9 Å². The van der Waals surface area contributed by atoms with Gasteiger partial charge in [-0.05, 0) is 31.0 Å². The Bertz CT molecular complexity index is 481. The molecule has 0 radical (unpaired) electrons. The van der Waals surface area contributed by atoms with Crippen molar-refractivity contribution in [3.63, 3.8) is 0 Å². The van der Waals surface area contributed by atoms with Gasteiger partial charge in [-0.1, -0.05) is 28.8 Å². The normalized spacial score (nSPS) is 11.8. The molecule has 0 spiro atoms. The van der Waals surface area contributed by atoms with Gasteiger partial charge in [0.1, 0.15) is 6.61 Å². The Morgan fingerprint density at radius 2 is 2.05 bits per heavy atom. The highest BCUT2D eigenvalue weighted by atomic mass is 79.9. The van der Waals surface area contributed by atoms with Crippen LogP contribution in [0.5, 0.6) is 11.5 Å². The highest BCUT2D eigenvalue weighted by molar-refractivity contribution is 9.10. The van der Waals surface area contributed by atoms with E-state index in [0.29, 0.717) is 24.7 Å². The van der Waals surface area contributed by atoms with E-state index in [9.17, 15) is 5.11 Å². The van der Waals surface area contributed by atoms with Crippen molar-refractivity contribution in [2.45, 2.75) is 32.9 Å². The average Bonchev–Trinajstić information content (AvgIpc) is 2.49. The van der Waals surface area contributed by atoms with Crippen molar-refractivity contribution < 1.29 is 14.6 Å². The smallest absolute Gasteiger partial charge is 0.163 e. The van der Waals surface area contributed by atoms with E-state index in [-0.39, 0.29) is 19.3 Å². The second-order valence-corrected chi connectivity index (χ2v) is 5.34. The number of hydrogen-bond acceptors (Lipinski definition) is 4. The molecule has 4 nitrogen and oxygen atoms in total. The highest BCUT2D eigenvalue weighted by Gasteiger charge is 2.12. The highest BCUT2D eigenvalue weighted by Crippen LogP contribution is 2.34. The molecule has 0 saturated carbocycles. The molecule has 0 saturated heterocycles. The summed E-state index contributed by atoms with van der Waals surface area (Å²) < 4.78 is 12.0. The van der Waals surface area contributed by atoms with Crippen LogP contribution in [-0.2, 0) is 6.54 Å². The van der Waals surface area contributed by atoms with Gasteiger partial charge in [-0.3, -0.25) is 0 Å². The minimum Gasteiger partial charge on any atom is -0.490 e. The van der Waals surface area contributed by atoms with E-state index in [1.807, 2.05) is 26.0 Å². The maximum absolute atomic E-state index is 9.22. The molecule has 0 fully saturated rings. The number of hydrogen-bond donors (Lipinski definition) is 2. The van der Waals surface area contributed by atoms with E-state index in [0.717, 1.165) is 16.5 Å². The predicted molar refractivity (Wildman–Crippen MR) is 87.6 cm³/mol. The third-order valence-corrected chi connectivity index (χ3v) is 3.76. The van der Waals surface area contributed by atoms with E-state index in [4.69, 9.17) is 15.9 Å². The summed E-state index contributed by atoms with van der Waals surface area (Å²) in [4.78, 5) is 0. The van der Waals surface area contributed by atoms with Gasteiger partial charge in [0.15, 0.2) is 11.5 Å². The van der Waals surface area contributed by atoms with Crippen molar-refractivity contribution in [1.29, 1.82) is 0 Å². The maximum atomic E-state index is 9.22. The molecular weight excluding hydrogens is 334 g/mol. The lowest BCUT2D eigenvalue weighted by atomic mass is 10.1. The summed E-state index contributed by atoms with van der Waals surface area (Å²) in [6.07, 6.45) is 6.09. The monoisotopic (exact) mass is 355 g/mol. The lowest BCUT2D eigenvalue weighted by Crippen LogP contribution is -2.31. The maximum Gasteiger partial charge on any atom is 0.163 e. The van der Waals surface area contributed by atoms with Gasteiger partial charge in [-0.2, -0.15) is 0 Å². The molecule has 0 heterocycles. The van der Waals surface area contributed by atoms with Crippen molar-refractivity contribution in [3.05, 3.63) is 22.2 Å². The SMILES string of the molecule is C#CCOc1cc(Br)c(CN[C@H](CC)CO)cc1OCC. The fourth-order valence-corrected chi connectivity index (χ4v) is 2.27. The Morgan fingerprint density at radius 3 is 2.62 bits per heavy atom. The molecule has 21 heavy (non-hydrogen) atoms. The Hall–Kier alpha value is -1.22. The molecule has 0 aliphatic rings. The van der Waals surface area contributed by atoms with Gasteiger partial charge in [-0.15, -0.1) is 6.42 Å². The zero-order valence-corrected chi connectivity index (χ0v) is 14.1. The Kier molecular flexibility index (Phi) is 8.21. The van der Waals surface area contributed by atoms with Crippen LogP contribution in [0, 0.1) is 12.3 Å². The van der Waals surface area contributed by atoms with Gasteiger partial charge in [-0.25, -0.2) is 0 Å². The third kappa shape index (κ3) is 5.58. The number of aliphatic hydroxyl groups excluding tert-OH is 1. The van der Waals surface area contributed by atoms with Gasteiger partial charge in [0.25, 0.3) is 0 Å². The van der Waals surface area contributed by atoms with Gasteiger partial charge in [0.05, 0.1) is 13.2 Å². The molecule has 0 bridgehead atoms. The number of ether oxygens (including phenoxy) is 2. The number of nitrogens with one attached hydrogen (secondary N) is 1. The van der Waals surface area contributed by atoms with Crippen molar-refractivity contribution in [1.82, 2.24) is 5.32 Å². The molecule has 0 aromatic heterocycles. The second-order valence-electron chi connectivity index (χ2n) is 4.48. The minimum absolute atomic E-state index is 0.0878. The van der Waals surface area contributed by atoms with Crippen LogP contribution in [-0.4, -0.2) is 31.0 Å². The fraction of sp³-hybridized carbons (Fsp3) is 0.500. The summed E-state index contributed by atoms with van der Waals surface area (Å²) in [6, 6.07) is 3.88. The Labute approximate surface area is 135 Å². The minimum atomic E-state index is 0.0878. The summed E-state index contributed by atoms with van der Waals surface area (Å²) in [5.41, 5.74) is 1.04. The standard InChI is InChI=1S/C16H22BrNO3/c1-4-7-21-16-9-14(17)12(8-15(16)20-6-3)10-18-13(5-2)11-19/h1,8-9,13,18-19H,5-7,10-11H2,2-3H3/t13-/m1/s1. The molecule has 0 amide bonds. The average molecular weight is 356 g/mol. The predicted octanol–water partition coefficient (Wildman–Crippen LogP) is 2.72. The molecule has 2 N–H and O–H groups in total. The van der Waals surface area contributed by atoms with Crippen LogP contribution in [0.25, 0.3) is 0 Å². The van der Waals surface area contributed by atoms with Crippen molar-refractivity contribution in [2.24, 2.45) is 0 Å². The van der Waals surface area contributed by atoms with Gasteiger partial charge < -0.3 is 19.9 Å². The number of halogens is 1. The van der Waals surface area contributed by atoms with Gasteiger partial charge >= 0.3 is 0 Å².